The first-order chi connectivity index (χ1) is 10.2. The van der Waals surface area contributed by atoms with Crippen LogP contribution in [0.2, 0.25) is 0 Å². The molecule has 4 heteroatoms. The van der Waals surface area contributed by atoms with E-state index >= 15 is 0 Å². The zero-order chi connectivity index (χ0) is 14.8. The van der Waals surface area contributed by atoms with Crippen LogP contribution < -0.4 is 5.56 Å². The van der Waals surface area contributed by atoms with Crippen LogP contribution in [0.15, 0.2) is 47.3 Å². The summed E-state index contributed by atoms with van der Waals surface area (Å²) in [4.78, 5) is 29.2. The van der Waals surface area contributed by atoms with E-state index < -0.39 is 0 Å². The van der Waals surface area contributed by atoms with Gasteiger partial charge in [0.15, 0.2) is 0 Å². The minimum Gasteiger partial charge on any atom is -0.331 e. The van der Waals surface area contributed by atoms with E-state index in [-0.39, 0.29) is 23.1 Å². The maximum Gasteiger partial charge on any atom is 0.260 e. The molecule has 1 N–H and O–H groups in total. The van der Waals surface area contributed by atoms with E-state index in [0.717, 1.165) is 24.1 Å². The van der Waals surface area contributed by atoms with Crippen molar-refractivity contribution in [1.82, 2.24) is 9.88 Å². The van der Waals surface area contributed by atoms with Gasteiger partial charge in [0, 0.05) is 12.2 Å². The molecule has 21 heavy (non-hydrogen) atoms. The fourth-order valence-corrected chi connectivity index (χ4v) is 2.93. The number of hydrogen-bond donors (Lipinski definition) is 1. The molecule has 0 bridgehead atoms. The second kappa shape index (κ2) is 5.56. The fourth-order valence-electron chi connectivity index (χ4n) is 2.93. The number of nitrogens with one attached hydrogen (secondary N) is 1. The second-order valence-corrected chi connectivity index (χ2v) is 5.45. The summed E-state index contributed by atoms with van der Waals surface area (Å²) in [5.74, 6) is -0.178. The highest BCUT2D eigenvalue weighted by atomic mass is 16.2. The van der Waals surface area contributed by atoms with Gasteiger partial charge >= 0.3 is 0 Å². The summed E-state index contributed by atoms with van der Waals surface area (Å²) in [5.41, 5.74) is 1.81. The number of aromatic amines is 1. The quantitative estimate of drug-likeness (QED) is 0.920. The largest absolute Gasteiger partial charge is 0.331 e. The van der Waals surface area contributed by atoms with Gasteiger partial charge < -0.3 is 9.88 Å². The number of hydrogen-bond acceptors (Lipinski definition) is 2. The van der Waals surface area contributed by atoms with Crippen molar-refractivity contribution in [2.45, 2.75) is 25.8 Å². The van der Waals surface area contributed by atoms with Crippen molar-refractivity contribution in [3.63, 3.8) is 0 Å². The van der Waals surface area contributed by atoms with Crippen LogP contribution in [0.4, 0.5) is 0 Å². The van der Waals surface area contributed by atoms with Crippen molar-refractivity contribution >= 4 is 5.91 Å². The molecule has 1 aliphatic rings. The average Bonchev–Trinajstić information content (AvgIpc) is 2.97. The molecule has 4 nitrogen and oxygen atoms in total. The van der Waals surface area contributed by atoms with E-state index in [1.807, 2.05) is 35.2 Å². The van der Waals surface area contributed by atoms with Crippen LogP contribution in [0, 0.1) is 6.92 Å². The number of carbonyl (C=O) groups excluding carboxylic acids is 1. The number of likely N-dealkylation sites (tertiary alicyclic amines) is 1. The molecule has 0 spiro atoms. The van der Waals surface area contributed by atoms with Crippen LogP contribution in [0.5, 0.6) is 0 Å². The lowest BCUT2D eigenvalue weighted by atomic mass is 10.0. The molecule has 0 aliphatic carbocycles. The number of amides is 1. The zero-order valence-electron chi connectivity index (χ0n) is 12.0. The molecule has 1 fully saturated rings. The number of carbonyl (C=O) groups is 1. The van der Waals surface area contributed by atoms with Crippen molar-refractivity contribution in [3.8, 4) is 0 Å². The molecular formula is C17H18N2O2. The summed E-state index contributed by atoms with van der Waals surface area (Å²) in [5, 5.41) is 0. The van der Waals surface area contributed by atoms with Gasteiger partial charge in [0.05, 0.1) is 6.04 Å². The highest BCUT2D eigenvalue weighted by molar-refractivity contribution is 5.94. The normalized spacial score (nSPS) is 18.0. The van der Waals surface area contributed by atoms with Gasteiger partial charge in [0.25, 0.3) is 11.5 Å². The van der Waals surface area contributed by atoms with Crippen molar-refractivity contribution in [3.05, 3.63) is 69.6 Å². The third-order valence-corrected chi connectivity index (χ3v) is 3.98. The molecule has 1 saturated heterocycles. The first-order valence-electron chi connectivity index (χ1n) is 7.22. The Morgan fingerprint density at radius 1 is 1.19 bits per heavy atom. The molecule has 2 heterocycles. The number of pyridine rings is 1. The SMILES string of the molecule is Cc1ccc(C(=O)N2CCCC2c2ccccc2)c(=O)[nH]1. The number of rotatable bonds is 2. The van der Waals surface area contributed by atoms with Crippen molar-refractivity contribution in [1.29, 1.82) is 0 Å². The van der Waals surface area contributed by atoms with Crippen LogP contribution in [-0.4, -0.2) is 22.3 Å². The predicted molar refractivity (Wildman–Crippen MR) is 81.3 cm³/mol. The average molecular weight is 282 g/mol. The minimum absolute atomic E-state index is 0.0689. The third kappa shape index (κ3) is 2.61. The molecule has 1 amide bonds. The van der Waals surface area contributed by atoms with Crippen molar-refractivity contribution in [2.24, 2.45) is 0 Å². The molecule has 108 valence electrons. The van der Waals surface area contributed by atoms with Gasteiger partial charge in [0.2, 0.25) is 0 Å². The number of nitrogens with zero attached hydrogens (tertiary/aromatic N) is 1. The van der Waals surface area contributed by atoms with Gasteiger partial charge in [-0.3, -0.25) is 9.59 Å². The number of H-pyrrole nitrogens is 1. The van der Waals surface area contributed by atoms with Crippen LogP contribution in [0.25, 0.3) is 0 Å². The minimum atomic E-state index is -0.307. The standard InChI is InChI=1S/C17H18N2O2/c1-12-9-10-14(16(20)18-12)17(21)19-11-5-8-15(19)13-6-3-2-4-7-13/h2-4,6-7,9-10,15H,5,8,11H2,1H3,(H,18,20). The highest BCUT2D eigenvalue weighted by Gasteiger charge is 2.31. The Kier molecular flexibility index (Phi) is 3.60. The molecule has 2 aromatic rings. The number of aryl methyl sites for hydroxylation is 1. The summed E-state index contributed by atoms with van der Waals surface area (Å²) in [7, 11) is 0. The van der Waals surface area contributed by atoms with E-state index in [1.165, 1.54) is 0 Å². The van der Waals surface area contributed by atoms with Crippen LogP contribution in [0.1, 0.15) is 40.5 Å². The maximum absolute atomic E-state index is 12.7. The molecule has 1 aliphatic heterocycles. The van der Waals surface area contributed by atoms with Gasteiger partial charge in [-0.05, 0) is 37.5 Å². The van der Waals surface area contributed by atoms with Crippen LogP contribution in [-0.2, 0) is 0 Å². The van der Waals surface area contributed by atoms with E-state index in [4.69, 9.17) is 0 Å². The third-order valence-electron chi connectivity index (χ3n) is 3.98. The molecule has 1 aromatic carbocycles. The summed E-state index contributed by atoms with van der Waals surface area (Å²) in [6, 6.07) is 13.5. The topological polar surface area (TPSA) is 53.2 Å². The molecule has 1 unspecified atom stereocenters. The zero-order valence-corrected chi connectivity index (χ0v) is 12.0. The summed E-state index contributed by atoms with van der Waals surface area (Å²) < 4.78 is 0. The van der Waals surface area contributed by atoms with Crippen molar-refractivity contribution in [2.75, 3.05) is 6.54 Å². The fraction of sp³-hybridized carbons (Fsp3) is 0.294. The molecule has 0 saturated carbocycles. The van der Waals surface area contributed by atoms with Gasteiger partial charge in [0.1, 0.15) is 5.56 Å². The van der Waals surface area contributed by atoms with E-state index in [0.29, 0.717) is 6.54 Å². The maximum atomic E-state index is 12.7. The van der Waals surface area contributed by atoms with Gasteiger partial charge in [-0.1, -0.05) is 30.3 Å². The molecular weight excluding hydrogens is 264 g/mol. The lowest BCUT2D eigenvalue weighted by Crippen LogP contribution is -2.34. The Morgan fingerprint density at radius 3 is 2.67 bits per heavy atom. The number of benzene rings is 1. The first-order valence-corrected chi connectivity index (χ1v) is 7.22. The molecule has 1 aromatic heterocycles. The van der Waals surface area contributed by atoms with Crippen LogP contribution in [0.3, 0.4) is 0 Å². The Morgan fingerprint density at radius 2 is 1.95 bits per heavy atom. The lowest BCUT2D eigenvalue weighted by Gasteiger charge is -2.25. The van der Waals surface area contributed by atoms with Gasteiger partial charge in [-0.15, -0.1) is 0 Å². The van der Waals surface area contributed by atoms with E-state index in [2.05, 4.69) is 4.98 Å². The Balaban J connectivity index is 1.92. The summed E-state index contributed by atoms with van der Waals surface area (Å²) >= 11 is 0. The monoisotopic (exact) mass is 282 g/mol. The first kappa shape index (κ1) is 13.6. The Hall–Kier alpha value is -2.36. The van der Waals surface area contributed by atoms with E-state index in [9.17, 15) is 9.59 Å². The predicted octanol–water partition coefficient (Wildman–Crippen LogP) is 2.66. The summed E-state index contributed by atoms with van der Waals surface area (Å²) in [6.45, 7) is 2.50. The Bertz CT molecular complexity index is 706. The smallest absolute Gasteiger partial charge is 0.260 e. The van der Waals surface area contributed by atoms with Crippen LogP contribution >= 0.6 is 0 Å². The summed E-state index contributed by atoms with van der Waals surface area (Å²) in [6.07, 6.45) is 1.91. The van der Waals surface area contributed by atoms with Gasteiger partial charge in [-0.2, -0.15) is 0 Å². The molecule has 1 atom stereocenters. The lowest BCUT2D eigenvalue weighted by molar-refractivity contribution is 0.0734. The molecule has 0 radical (unpaired) electrons. The highest BCUT2D eigenvalue weighted by Crippen LogP contribution is 2.32. The second-order valence-electron chi connectivity index (χ2n) is 5.45. The molecule has 3 rings (SSSR count). The van der Waals surface area contributed by atoms with Crippen molar-refractivity contribution < 1.29 is 4.79 Å². The van der Waals surface area contributed by atoms with E-state index in [1.54, 1.807) is 19.1 Å². The Labute approximate surface area is 123 Å². The number of aromatic nitrogens is 1. The van der Waals surface area contributed by atoms with Gasteiger partial charge in [-0.25, -0.2) is 0 Å².